The van der Waals surface area contributed by atoms with Crippen LogP contribution in [0.3, 0.4) is 0 Å². The Morgan fingerprint density at radius 3 is 2.78 bits per heavy atom. The van der Waals surface area contributed by atoms with Crippen LogP contribution in [-0.4, -0.2) is 16.5 Å². The highest BCUT2D eigenvalue weighted by molar-refractivity contribution is 9.10. The number of nitrogens with one attached hydrogen (secondary N) is 2. The second-order valence-electron chi connectivity index (χ2n) is 3.57. The molecule has 0 aliphatic heterocycles. The lowest BCUT2D eigenvalue weighted by Gasteiger charge is -2.08. The van der Waals surface area contributed by atoms with Crippen molar-refractivity contribution in [1.29, 1.82) is 0 Å². The third-order valence-corrected chi connectivity index (χ3v) is 2.71. The molecule has 1 aromatic heterocycles. The first-order chi connectivity index (χ1) is 8.69. The van der Waals surface area contributed by atoms with Gasteiger partial charge < -0.3 is 10.6 Å². The predicted octanol–water partition coefficient (Wildman–Crippen LogP) is 3.55. The van der Waals surface area contributed by atoms with Crippen LogP contribution in [0.2, 0.25) is 0 Å². The van der Waals surface area contributed by atoms with Gasteiger partial charge in [-0.15, -0.1) is 0 Å². The van der Waals surface area contributed by atoms with Crippen molar-refractivity contribution in [1.82, 2.24) is 9.97 Å². The van der Waals surface area contributed by atoms with Gasteiger partial charge in [0.25, 0.3) is 0 Å². The lowest BCUT2D eigenvalue weighted by molar-refractivity contribution is 0.631. The summed E-state index contributed by atoms with van der Waals surface area (Å²) in [6.07, 6.45) is 1.43. The summed E-state index contributed by atoms with van der Waals surface area (Å²) in [5, 5.41) is 5.98. The van der Waals surface area contributed by atoms with Crippen molar-refractivity contribution in [3.63, 3.8) is 0 Å². The second-order valence-corrected chi connectivity index (χ2v) is 4.48. The highest BCUT2D eigenvalue weighted by Gasteiger charge is 2.04. The van der Waals surface area contributed by atoms with Gasteiger partial charge in [-0.2, -0.15) is 0 Å². The van der Waals surface area contributed by atoms with Gasteiger partial charge in [-0.25, -0.2) is 14.4 Å². The van der Waals surface area contributed by atoms with Crippen LogP contribution in [0.25, 0.3) is 0 Å². The Balaban J connectivity index is 2.22. The Bertz CT molecular complexity index is 547. The second kappa shape index (κ2) is 5.77. The third kappa shape index (κ3) is 3.16. The molecule has 0 bridgehead atoms. The number of halogens is 2. The quantitative estimate of drug-likeness (QED) is 0.906. The van der Waals surface area contributed by atoms with Gasteiger partial charge in [-0.1, -0.05) is 15.9 Å². The molecule has 0 radical (unpaired) electrons. The van der Waals surface area contributed by atoms with Crippen molar-refractivity contribution in [2.75, 3.05) is 17.2 Å². The zero-order chi connectivity index (χ0) is 13.0. The topological polar surface area (TPSA) is 49.8 Å². The summed E-state index contributed by atoms with van der Waals surface area (Å²) in [5.41, 5.74) is 0.366. The monoisotopic (exact) mass is 310 g/mol. The van der Waals surface area contributed by atoms with Crippen LogP contribution < -0.4 is 10.6 Å². The molecule has 0 fully saturated rings. The van der Waals surface area contributed by atoms with E-state index in [0.29, 0.717) is 17.3 Å². The summed E-state index contributed by atoms with van der Waals surface area (Å²) >= 11 is 3.30. The predicted molar refractivity (Wildman–Crippen MR) is 73.6 cm³/mol. The number of hydrogen-bond acceptors (Lipinski definition) is 4. The molecule has 0 aliphatic rings. The molecule has 4 nitrogen and oxygen atoms in total. The van der Waals surface area contributed by atoms with Gasteiger partial charge >= 0.3 is 0 Å². The van der Waals surface area contributed by atoms with E-state index in [1.165, 1.54) is 12.4 Å². The van der Waals surface area contributed by atoms with Crippen LogP contribution in [0.4, 0.5) is 21.7 Å². The van der Waals surface area contributed by atoms with Crippen LogP contribution in [-0.2, 0) is 0 Å². The van der Waals surface area contributed by atoms with Crippen LogP contribution in [0, 0.1) is 5.82 Å². The Labute approximate surface area is 113 Å². The van der Waals surface area contributed by atoms with E-state index in [1.807, 2.05) is 6.92 Å². The van der Waals surface area contributed by atoms with E-state index in [4.69, 9.17) is 0 Å². The van der Waals surface area contributed by atoms with Crippen LogP contribution in [0.15, 0.2) is 35.1 Å². The Morgan fingerprint density at radius 1 is 1.22 bits per heavy atom. The minimum atomic E-state index is -0.332. The van der Waals surface area contributed by atoms with E-state index >= 15 is 0 Å². The summed E-state index contributed by atoms with van der Waals surface area (Å²) in [6.45, 7) is 2.74. The molecule has 1 aromatic carbocycles. The fraction of sp³-hybridized carbons (Fsp3) is 0.167. The summed E-state index contributed by atoms with van der Waals surface area (Å²) in [4.78, 5) is 8.09. The average molecular weight is 311 g/mol. The molecule has 94 valence electrons. The van der Waals surface area contributed by atoms with Gasteiger partial charge in [0.1, 0.15) is 23.8 Å². The molecule has 6 heteroatoms. The molecule has 0 unspecified atom stereocenters. The van der Waals surface area contributed by atoms with Gasteiger partial charge in [0, 0.05) is 17.1 Å². The number of rotatable bonds is 4. The first-order valence-electron chi connectivity index (χ1n) is 5.47. The molecular weight excluding hydrogens is 299 g/mol. The summed E-state index contributed by atoms with van der Waals surface area (Å²) in [5.74, 6) is 0.908. The standard InChI is InChI=1S/C12H12BrFN4/c1-2-15-11-6-12(17-7-16-11)18-10-5-8(13)3-4-9(10)14/h3-7H,2H2,1H3,(H2,15,16,17,18). The molecular formula is C12H12BrFN4. The fourth-order valence-corrected chi connectivity index (χ4v) is 1.80. The van der Waals surface area contributed by atoms with Crippen LogP contribution >= 0.6 is 15.9 Å². The number of anilines is 3. The molecule has 0 amide bonds. The summed E-state index contributed by atoms with van der Waals surface area (Å²) in [7, 11) is 0. The lowest BCUT2D eigenvalue weighted by atomic mass is 10.3. The lowest BCUT2D eigenvalue weighted by Crippen LogP contribution is -2.02. The van der Waals surface area contributed by atoms with Gasteiger partial charge in [-0.3, -0.25) is 0 Å². The largest absolute Gasteiger partial charge is 0.370 e. The van der Waals surface area contributed by atoms with Crippen molar-refractivity contribution in [2.45, 2.75) is 6.92 Å². The van der Waals surface area contributed by atoms with Gasteiger partial charge in [0.05, 0.1) is 5.69 Å². The summed E-state index contributed by atoms with van der Waals surface area (Å²) < 4.78 is 14.4. The molecule has 0 saturated carbocycles. The SMILES string of the molecule is CCNc1cc(Nc2cc(Br)ccc2F)ncn1. The van der Waals surface area contributed by atoms with Crippen molar-refractivity contribution >= 4 is 33.3 Å². The smallest absolute Gasteiger partial charge is 0.146 e. The highest BCUT2D eigenvalue weighted by atomic mass is 79.9. The van der Waals surface area contributed by atoms with Crippen molar-refractivity contribution in [2.24, 2.45) is 0 Å². The first kappa shape index (κ1) is 12.8. The maximum atomic E-state index is 13.6. The van der Waals surface area contributed by atoms with Crippen molar-refractivity contribution < 1.29 is 4.39 Å². The van der Waals surface area contributed by atoms with E-state index in [1.54, 1.807) is 18.2 Å². The number of benzene rings is 1. The average Bonchev–Trinajstić information content (AvgIpc) is 2.35. The first-order valence-corrected chi connectivity index (χ1v) is 6.26. The van der Waals surface area contributed by atoms with Gasteiger partial charge in [-0.05, 0) is 25.1 Å². The molecule has 0 saturated heterocycles. The maximum Gasteiger partial charge on any atom is 0.146 e. The number of hydrogen-bond donors (Lipinski definition) is 2. The van der Waals surface area contributed by atoms with Crippen molar-refractivity contribution in [3.8, 4) is 0 Å². The van der Waals surface area contributed by atoms with Crippen molar-refractivity contribution in [3.05, 3.63) is 40.9 Å². The minimum Gasteiger partial charge on any atom is -0.370 e. The van der Waals surface area contributed by atoms with Gasteiger partial charge in [0.15, 0.2) is 0 Å². The van der Waals surface area contributed by atoms with E-state index in [0.717, 1.165) is 11.0 Å². The normalized spacial score (nSPS) is 10.2. The Kier molecular flexibility index (Phi) is 4.09. The zero-order valence-corrected chi connectivity index (χ0v) is 11.3. The molecule has 2 aromatic rings. The third-order valence-electron chi connectivity index (χ3n) is 2.22. The van der Waals surface area contributed by atoms with E-state index in [9.17, 15) is 4.39 Å². The van der Waals surface area contributed by atoms with E-state index < -0.39 is 0 Å². The van der Waals surface area contributed by atoms with Crippen LogP contribution in [0.5, 0.6) is 0 Å². The van der Waals surface area contributed by atoms with E-state index in [-0.39, 0.29) is 5.82 Å². The van der Waals surface area contributed by atoms with Crippen LogP contribution in [0.1, 0.15) is 6.92 Å². The molecule has 0 aliphatic carbocycles. The van der Waals surface area contributed by atoms with E-state index in [2.05, 4.69) is 36.5 Å². The van der Waals surface area contributed by atoms with Gasteiger partial charge in [0.2, 0.25) is 0 Å². The molecule has 0 atom stereocenters. The summed E-state index contributed by atoms with van der Waals surface area (Å²) in [6, 6.07) is 6.41. The maximum absolute atomic E-state index is 13.6. The highest BCUT2D eigenvalue weighted by Crippen LogP contribution is 2.23. The number of nitrogens with zero attached hydrogens (tertiary/aromatic N) is 2. The Morgan fingerprint density at radius 2 is 2.00 bits per heavy atom. The molecule has 0 spiro atoms. The zero-order valence-electron chi connectivity index (χ0n) is 9.74. The molecule has 1 heterocycles. The Hall–Kier alpha value is -1.69. The molecule has 18 heavy (non-hydrogen) atoms. The fourth-order valence-electron chi connectivity index (χ4n) is 1.43. The number of aromatic nitrogens is 2. The molecule has 2 rings (SSSR count). The minimum absolute atomic E-state index is 0.332. The molecule has 2 N–H and O–H groups in total.